The maximum atomic E-state index is 12.5. The first-order chi connectivity index (χ1) is 14.2. The lowest BCUT2D eigenvalue weighted by Crippen LogP contribution is -2.12. The van der Waals surface area contributed by atoms with E-state index < -0.39 is 16.0 Å². The molecule has 0 spiro atoms. The minimum atomic E-state index is -3.87. The van der Waals surface area contributed by atoms with Gasteiger partial charge >= 0.3 is 5.97 Å². The Bertz CT molecular complexity index is 1220. The van der Waals surface area contributed by atoms with Gasteiger partial charge in [-0.1, -0.05) is 5.16 Å². The van der Waals surface area contributed by atoms with Crippen molar-refractivity contribution in [3.8, 4) is 5.75 Å². The van der Waals surface area contributed by atoms with Crippen LogP contribution in [0.2, 0.25) is 0 Å². The minimum Gasteiger partial charge on any atom is -0.508 e. The highest BCUT2D eigenvalue weighted by Gasteiger charge is 2.19. The Hall–Kier alpha value is -3.73. The van der Waals surface area contributed by atoms with Crippen LogP contribution in [0.15, 0.2) is 62.1 Å². The number of sulfonamides is 1. The molecule has 0 amide bonds. The van der Waals surface area contributed by atoms with Gasteiger partial charge in [0.25, 0.3) is 10.0 Å². The zero-order chi connectivity index (χ0) is 21.9. The summed E-state index contributed by atoms with van der Waals surface area (Å²) in [7, 11) is -3.87. The third-order valence-corrected chi connectivity index (χ3v) is 5.56. The van der Waals surface area contributed by atoms with Crippen molar-refractivity contribution in [3.05, 3.63) is 59.3 Å². The highest BCUT2D eigenvalue weighted by molar-refractivity contribution is 7.92. The highest BCUT2D eigenvalue weighted by atomic mass is 32.2. The van der Waals surface area contributed by atoms with E-state index in [0.717, 1.165) is 0 Å². The van der Waals surface area contributed by atoms with Crippen LogP contribution in [0.4, 0.5) is 17.3 Å². The van der Waals surface area contributed by atoms with Crippen LogP contribution >= 0.6 is 0 Å². The van der Waals surface area contributed by atoms with Gasteiger partial charge in [0.1, 0.15) is 5.75 Å². The van der Waals surface area contributed by atoms with Crippen molar-refractivity contribution in [1.82, 2.24) is 5.16 Å². The van der Waals surface area contributed by atoms with E-state index in [-0.39, 0.29) is 28.5 Å². The van der Waals surface area contributed by atoms with Gasteiger partial charge in [0.05, 0.1) is 28.4 Å². The van der Waals surface area contributed by atoms with Crippen LogP contribution in [0.3, 0.4) is 0 Å². The Labute approximate surface area is 171 Å². The van der Waals surface area contributed by atoms with Gasteiger partial charge in [-0.05, 0) is 56.3 Å². The average Bonchev–Trinajstić information content (AvgIpc) is 3.00. The lowest BCUT2D eigenvalue weighted by atomic mass is 10.1. The summed E-state index contributed by atoms with van der Waals surface area (Å²) in [5.74, 6) is -1.17. The highest BCUT2D eigenvalue weighted by Crippen LogP contribution is 2.27. The number of carboxylic acids is 1. The molecule has 0 atom stereocenters. The van der Waals surface area contributed by atoms with Crippen molar-refractivity contribution < 1.29 is 27.9 Å². The molecule has 1 aromatic heterocycles. The Morgan fingerprint density at radius 3 is 2.33 bits per heavy atom. The monoisotopic (exact) mass is 430 g/mol. The topological polar surface area (TPSA) is 154 Å². The fourth-order valence-electron chi connectivity index (χ4n) is 2.44. The Balaban J connectivity index is 1.76. The first kappa shape index (κ1) is 21.0. The van der Waals surface area contributed by atoms with Gasteiger partial charge < -0.3 is 14.7 Å². The van der Waals surface area contributed by atoms with E-state index in [4.69, 9.17) is 9.63 Å². The van der Waals surface area contributed by atoms with Crippen LogP contribution in [-0.4, -0.2) is 29.8 Å². The Morgan fingerprint density at radius 1 is 1.10 bits per heavy atom. The zero-order valence-corrected chi connectivity index (χ0v) is 16.8. The van der Waals surface area contributed by atoms with Crippen molar-refractivity contribution in [2.75, 3.05) is 4.72 Å². The van der Waals surface area contributed by atoms with Gasteiger partial charge in [-0.25, -0.2) is 13.1 Å². The smallest absolute Gasteiger partial charge is 0.307 e. The second kappa shape index (κ2) is 8.33. The molecule has 0 saturated carbocycles. The molecule has 11 heteroatoms. The molecule has 3 N–H and O–H groups in total. The van der Waals surface area contributed by atoms with Gasteiger partial charge in [-0.3, -0.25) is 4.79 Å². The summed E-state index contributed by atoms with van der Waals surface area (Å²) in [6, 6.07) is 9.89. The maximum Gasteiger partial charge on any atom is 0.307 e. The number of anilines is 1. The third-order valence-electron chi connectivity index (χ3n) is 4.22. The largest absolute Gasteiger partial charge is 0.508 e. The van der Waals surface area contributed by atoms with Crippen molar-refractivity contribution in [2.45, 2.75) is 25.2 Å². The number of hydrogen-bond donors (Lipinski definition) is 3. The van der Waals surface area contributed by atoms with E-state index in [0.29, 0.717) is 22.6 Å². The molecular formula is C19H18N4O6S. The Kier molecular flexibility index (Phi) is 5.83. The van der Waals surface area contributed by atoms with Crippen LogP contribution in [0, 0.1) is 13.8 Å². The number of carboxylic acid groups (broad SMARTS) is 1. The molecule has 0 aliphatic carbocycles. The molecule has 0 aliphatic rings. The first-order valence-electron chi connectivity index (χ1n) is 8.67. The standard InChI is InChI=1S/C19H18N4O6S/c1-11-12(2)22-29-19(11)23-30(27,28)16-6-3-14(4-7-16)20-21-15-5-8-17(24)13(9-15)10-18(25)26/h3-9,23-24H,10H2,1-2H3,(H,25,26)/b21-20+. The molecule has 3 rings (SSSR count). The lowest BCUT2D eigenvalue weighted by Gasteiger charge is -2.06. The number of phenolic OH excluding ortho intramolecular Hbond substituents is 1. The summed E-state index contributed by atoms with van der Waals surface area (Å²) >= 11 is 0. The number of rotatable bonds is 7. The molecule has 0 radical (unpaired) electrons. The molecule has 0 unspecified atom stereocenters. The van der Waals surface area contributed by atoms with Crippen LogP contribution < -0.4 is 4.72 Å². The number of benzene rings is 2. The molecular weight excluding hydrogens is 412 g/mol. The molecule has 0 saturated heterocycles. The molecule has 1 heterocycles. The van der Waals surface area contributed by atoms with E-state index in [2.05, 4.69) is 20.1 Å². The van der Waals surface area contributed by atoms with E-state index in [1.165, 1.54) is 42.5 Å². The second-order valence-electron chi connectivity index (χ2n) is 6.41. The van der Waals surface area contributed by atoms with Crippen molar-refractivity contribution in [2.24, 2.45) is 10.2 Å². The van der Waals surface area contributed by atoms with Crippen LogP contribution in [0.25, 0.3) is 0 Å². The van der Waals surface area contributed by atoms with Gasteiger partial charge in [0, 0.05) is 11.1 Å². The molecule has 10 nitrogen and oxygen atoms in total. The second-order valence-corrected chi connectivity index (χ2v) is 8.09. The number of aliphatic carboxylic acids is 1. The summed E-state index contributed by atoms with van der Waals surface area (Å²) < 4.78 is 32.3. The summed E-state index contributed by atoms with van der Waals surface area (Å²) in [6.07, 6.45) is -0.348. The first-order valence-corrected chi connectivity index (χ1v) is 10.2. The number of aromatic nitrogens is 1. The number of aryl methyl sites for hydroxylation is 1. The molecule has 2 aromatic carbocycles. The van der Waals surface area contributed by atoms with Crippen LogP contribution in [0.1, 0.15) is 16.8 Å². The van der Waals surface area contributed by atoms with Crippen molar-refractivity contribution >= 4 is 33.3 Å². The summed E-state index contributed by atoms with van der Waals surface area (Å²) in [6.45, 7) is 3.40. The van der Waals surface area contributed by atoms with Gasteiger partial charge in [-0.2, -0.15) is 10.2 Å². The number of carbonyl (C=O) groups is 1. The normalized spacial score (nSPS) is 11.7. The number of aromatic hydroxyl groups is 1. The van der Waals surface area contributed by atoms with Gasteiger partial charge in [0.2, 0.25) is 5.88 Å². The lowest BCUT2D eigenvalue weighted by molar-refractivity contribution is -0.136. The quantitative estimate of drug-likeness (QED) is 0.481. The number of nitrogens with zero attached hydrogens (tertiary/aromatic N) is 3. The molecule has 156 valence electrons. The van der Waals surface area contributed by atoms with E-state index in [9.17, 15) is 18.3 Å². The van der Waals surface area contributed by atoms with E-state index in [1.807, 2.05) is 0 Å². The fourth-order valence-corrected chi connectivity index (χ4v) is 3.48. The third kappa shape index (κ3) is 4.81. The van der Waals surface area contributed by atoms with E-state index in [1.54, 1.807) is 13.8 Å². The predicted octanol–water partition coefficient (Wildman–Crippen LogP) is 3.84. The van der Waals surface area contributed by atoms with E-state index >= 15 is 0 Å². The molecule has 0 bridgehead atoms. The molecule has 0 fully saturated rings. The summed E-state index contributed by atoms with van der Waals surface area (Å²) in [4.78, 5) is 10.8. The van der Waals surface area contributed by atoms with Crippen LogP contribution in [-0.2, 0) is 21.2 Å². The molecule has 30 heavy (non-hydrogen) atoms. The minimum absolute atomic E-state index is 0.00304. The Morgan fingerprint density at radius 2 is 1.73 bits per heavy atom. The zero-order valence-electron chi connectivity index (χ0n) is 16.0. The average molecular weight is 430 g/mol. The number of phenols is 1. The SMILES string of the molecule is Cc1noc(NS(=O)(=O)c2ccc(/N=N/c3ccc(O)c(CC(=O)O)c3)cc2)c1C. The summed E-state index contributed by atoms with van der Waals surface area (Å²) in [5, 5.41) is 30.3. The summed E-state index contributed by atoms with van der Waals surface area (Å²) in [5.41, 5.74) is 2.13. The van der Waals surface area contributed by atoms with Crippen molar-refractivity contribution in [1.29, 1.82) is 0 Å². The number of azo groups is 1. The van der Waals surface area contributed by atoms with Gasteiger partial charge in [-0.15, -0.1) is 0 Å². The number of hydrogen-bond acceptors (Lipinski definition) is 8. The predicted molar refractivity (Wildman–Crippen MR) is 107 cm³/mol. The van der Waals surface area contributed by atoms with Crippen LogP contribution in [0.5, 0.6) is 5.75 Å². The number of nitrogens with one attached hydrogen (secondary N) is 1. The molecule has 0 aliphatic heterocycles. The fraction of sp³-hybridized carbons (Fsp3) is 0.158. The maximum absolute atomic E-state index is 12.5. The van der Waals surface area contributed by atoms with Crippen molar-refractivity contribution in [3.63, 3.8) is 0 Å². The van der Waals surface area contributed by atoms with Gasteiger partial charge in [0.15, 0.2) is 0 Å². The molecule has 3 aromatic rings.